The first-order valence-electron chi connectivity index (χ1n) is 8.08. The quantitative estimate of drug-likeness (QED) is 0.621. The summed E-state index contributed by atoms with van der Waals surface area (Å²) >= 11 is 6.00. The molecule has 0 unspecified atom stereocenters. The highest BCUT2D eigenvalue weighted by Gasteiger charge is 2.26. The van der Waals surface area contributed by atoms with Crippen molar-refractivity contribution in [2.24, 2.45) is 0 Å². The summed E-state index contributed by atoms with van der Waals surface area (Å²) in [5, 5.41) is 0.509. The van der Waals surface area contributed by atoms with E-state index in [1.807, 2.05) is 0 Å². The van der Waals surface area contributed by atoms with Crippen LogP contribution in [0.4, 0.5) is 5.69 Å². The molecule has 0 aliphatic carbocycles. The summed E-state index contributed by atoms with van der Waals surface area (Å²) in [5.41, 5.74) is 5.72. The fraction of sp³-hybridized carbons (Fsp3) is 0.105. The van der Waals surface area contributed by atoms with E-state index in [-0.39, 0.29) is 19.1 Å². The van der Waals surface area contributed by atoms with Gasteiger partial charge in [-0.3, -0.25) is 30.1 Å². The number of benzene rings is 2. The van der Waals surface area contributed by atoms with Crippen LogP contribution in [0.2, 0.25) is 5.02 Å². The summed E-state index contributed by atoms with van der Waals surface area (Å²) in [5.74, 6) is -0.887. The number of para-hydroxylation sites is 2. The second-order valence-electron chi connectivity index (χ2n) is 5.63. The molecule has 1 aliphatic rings. The summed E-state index contributed by atoms with van der Waals surface area (Å²) in [6, 6.07) is 14.0. The third kappa shape index (κ3) is 4.65. The predicted octanol–water partition coefficient (Wildman–Crippen LogP) is 1.93. The molecule has 0 saturated carbocycles. The number of hydrogen-bond donors (Lipinski definition) is 2. The molecular weight excluding hydrogens is 370 g/mol. The van der Waals surface area contributed by atoms with Gasteiger partial charge in [0, 0.05) is 11.1 Å². The zero-order valence-electron chi connectivity index (χ0n) is 14.1. The Morgan fingerprint density at radius 2 is 1.85 bits per heavy atom. The molecule has 0 radical (unpaired) electrons. The second-order valence-corrected chi connectivity index (χ2v) is 6.04. The molecule has 7 nitrogen and oxygen atoms in total. The van der Waals surface area contributed by atoms with Crippen LogP contribution < -0.4 is 20.5 Å². The number of carbonyl (C=O) groups is 3. The first kappa shape index (κ1) is 18.5. The van der Waals surface area contributed by atoms with Crippen molar-refractivity contribution in [1.82, 2.24) is 10.9 Å². The molecule has 3 rings (SSSR count). The van der Waals surface area contributed by atoms with Crippen molar-refractivity contribution in [3.8, 4) is 5.75 Å². The van der Waals surface area contributed by atoms with Crippen molar-refractivity contribution in [2.45, 2.75) is 0 Å². The lowest BCUT2D eigenvalue weighted by molar-refractivity contribution is -0.127. The van der Waals surface area contributed by atoms with E-state index >= 15 is 0 Å². The highest BCUT2D eigenvalue weighted by atomic mass is 35.5. The van der Waals surface area contributed by atoms with E-state index in [0.29, 0.717) is 22.0 Å². The number of hydrogen-bond acceptors (Lipinski definition) is 4. The molecule has 0 spiro atoms. The first-order chi connectivity index (χ1) is 13.0. The smallest absolute Gasteiger partial charge is 0.265 e. The number of halogens is 1. The number of nitrogens with one attached hydrogen (secondary N) is 2. The fourth-order valence-corrected chi connectivity index (χ4v) is 2.66. The van der Waals surface area contributed by atoms with Gasteiger partial charge in [-0.05, 0) is 29.8 Å². The Hall–Kier alpha value is -3.32. The van der Waals surface area contributed by atoms with Crippen molar-refractivity contribution in [3.63, 3.8) is 0 Å². The van der Waals surface area contributed by atoms with Crippen LogP contribution in [0.25, 0.3) is 6.08 Å². The minimum Gasteiger partial charge on any atom is -0.482 e. The SMILES string of the molecule is O=C(/C=C/c1ccccc1Cl)NNC(=O)CN1C(=O)COc2ccccc21. The third-order valence-electron chi connectivity index (χ3n) is 3.75. The van der Waals surface area contributed by atoms with E-state index in [2.05, 4.69) is 10.9 Å². The van der Waals surface area contributed by atoms with Crippen molar-refractivity contribution in [1.29, 1.82) is 0 Å². The zero-order valence-corrected chi connectivity index (χ0v) is 14.9. The average molecular weight is 386 g/mol. The Labute approximate surface area is 160 Å². The topological polar surface area (TPSA) is 87.7 Å². The van der Waals surface area contributed by atoms with E-state index < -0.39 is 11.8 Å². The number of hydrazine groups is 1. The largest absolute Gasteiger partial charge is 0.482 e. The monoisotopic (exact) mass is 385 g/mol. The lowest BCUT2D eigenvalue weighted by Crippen LogP contribution is -2.49. The number of amides is 3. The molecule has 0 aromatic heterocycles. The van der Waals surface area contributed by atoms with Crippen molar-refractivity contribution >= 4 is 41.1 Å². The summed E-state index contributed by atoms with van der Waals surface area (Å²) in [4.78, 5) is 37.3. The molecule has 0 fully saturated rings. The van der Waals surface area contributed by atoms with E-state index in [0.717, 1.165) is 0 Å². The standard InChI is InChI=1S/C19H16ClN3O4/c20-14-6-2-1-5-13(14)9-10-17(24)21-22-18(25)11-23-15-7-3-4-8-16(15)27-12-19(23)26/h1-10H,11-12H2,(H,21,24)(H,22,25)/b10-9+. The van der Waals surface area contributed by atoms with Gasteiger partial charge < -0.3 is 4.74 Å². The molecule has 0 atom stereocenters. The van der Waals surface area contributed by atoms with Gasteiger partial charge in [-0.15, -0.1) is 0 Å². The number of ether oxygens (including phenoxy) is 1. The van der Waals surface area contributed by atoms with Gasteiger partial charge in [0.05, 0.1) is 5.69 Å². The number of nitrogens with zero attached hydrogens (tertiary/aromatic N) is 1. The number of carbonyl (C=O) groups excluding carboxylic acids is 3. The van der Waals surface area contributed by atoms with Gasteiger partial charge in [-0.1, -0.05) is 41.9 Å². The number of anilines is 1. The Kier molecular flexibility index (Phi) is 5.73. The summed E-state index contributed by atoms with van der Waals surface area (Å²) in [6.07, 6.45) is 2.78. The highest BCUT2D eigenvalue weighted by Crippen LogP contribution is 2.31. The molecule has 0 saturated heterocycles. The van der Waals surface area contributed by atoms with Gasteiger partial charge in [0.2, 0.25) is 0 Å². The Morgan fingerprint density at radius 1 is 1.11 bits per heavy atom. The average Bonchev–Trinajstić information content (AvgIpc) is 2.68. The summed E-state index contributed by atoms with van der Waals surface area (Å²) in [7, 11) is 0. The molecule has 1 heterocycles. The van der Waals surface area contributed by atoms with Gasteiger partial charge in [0.25, 0.3) is 17.7 Å². The number of rotatable bonds is 4. The minimum absolute atomic E-state index is 0.142. The molecule has 2 aromatic rings. The van der Waals surface area contributed by atoms with Crippen LogP contribution in [0.5, 0.6) is 5.75 Å². The molecule has 2 aromatic carbocycles. The van der Waals surface area contributed by atoms with E-state index in [1.54, 1.807) is 48.5 Å². The van der Waals surface area contributed by atoms with Gasteiger partial charge in [-0.2, -0.15) is 0 Å². The molecule has 1 aliphatic heterocycles. The van der Waals surface area contributed by atoms with Gasteiger partial charge in [0.15, 0.2) is 6.61 Å². The van der Waals surface area contributed by atoms with Gasteiger partial charge >= 0.3 is 0 Å². The maximum Gasteiger partial charge on any atom is 0.265 e. The maximum absolute atomic E-state index is 12.1. The Balaban J connectivity index is 1.55. The molecule has 8 heteroatoms. The van der Waals surface area contributed by atoms with Crippen LogP contribution in [0, 0.1) is 0 Å². The minimum atomic E-state index is -0.542. The third-order valence-corrected chi connectivity index (χ3v) is 4.10. The summed E-state index contributed by atoms with van der Waals surface area (Å²) in [6.45, 7) is -0.384. The van der Waals surface area contributed by atoms with Crippen LogP contribution >= 0.6 is 11.6 Å². The number of fused-ring (bicyclic) bond motifs is 1. The van der Waals surface area contributed by atoms with Crippen LogP contribution in [-0.4, -0.2) is 30.9 Å². The van der Waals surface area contributed by atoms with Crippen molar-refractivity contribution in [2.75, 3.05) is 18.1 Å². The van der Waals surface area contributed by atoms with Crippen LogP contribution in [0.15, 0.2) is 54.6 Å². The normalized spacial score (nSPS) is 13.1. The zero-order chi connectivity index (χ0) is 19.2. The van der Waals surface area contributed by atoms with Crippen LogP contribution in [0.1, 0.15) is 5.56 Å². The molecule has 27 heavy (non-hydrogen) atoms. The van der Waals surface area contributed by atoms with Crippen molar-refractivity contribution in [3.05, 3.63) is 65.2 Å². The lowest BCUT2D eigenvalue weighted by Gasteiger charge is -2.28. The summed E-state index contributed by atoms with van der Waals surface area (Å²) < 4.78 is 5.32. The van der Waals surface area contributed by atoms with E-state index in [9.17, 15) is 14.4 Å². The molecular formula is C19H16ClN3O4. The second kappa shape index (κ2) is 8.37. The first-order valence-corrected chi connectivity index (χ1v) is 8.46. The lowest BCUT2D eigenvalue weighted by atomic mass is 10.2. The Morgan fingerprint density at radius 3 is 2.67 bits per heavy atom. The Bertz CT molecular complexity index is 913. The van der Waals surface area contributed by atoms with Crippen LogP contribution in [0.3, 0.4) is 0 Å². The van der Waals surface area contributed by atoms with Crippen LogP contribution in [-0.2, 0) is 14.4 Å². The molecule has 2 N–H and O–H groups in total. The predicted molar refractivity (Wildman–Crippen MR) is 101 cm³/mol. The van der Waals surface area contributed by atoms with Gasteiger partial charge in [-0.25, -0.2) is 0 Å². The maximum atomic E-state index is 12.1. The van der Waals surface area contributed by atoms with Crippen molar-refractivity contribution < 1.29 is 19.1 Å². The fourth-order valence-electron chi connectivity index (χ4n) is 2.46. The van der Waals surface area contributed by atoms with E-state index in [4.69, 9.17) is 16.3 Å². The molecule has 138 valence electrons. The van der Waals surface area contributed by atoms with Gasteiger partial charge in [0.1, 0.15) is 12.3 Å². The molecule has 3 amide bonds. The highest BCUT2D eigenvalue weighted by molar-refractivity contribution is 6.32. The molecule has 0 bridgehead atoms. The van der Waals surface area contributed by atoms with E-state index in [1.165, 1.54) is 17.1 Å².